The Morgan fingerprint density at radius 2 is 2.00 bits per heavy atom. The van der Waals surface area contributed by atoms with E-state index in [1.807, 2.05) is 20.8 Å². The number of hydrogen-bond acceptors (Lipinski definition) is 6. The van der Waals surface area contributed by atoms with Gasteiger partial charge >= 0.3 is 5.63 Å². The summed E-state index contributed by atoms with van der Waals surface area (Å²) in [5, 5.41) is 21.4. The Labute approximate surface area is 157 Å². The van der Waals surface area contributed by atoms with Crippen molar-refractivity contribution in [3.05, 3.63) is 39.3 Å². The lowest BCUT2D eigenvalue weighted by molar-refractivity contribution is 0.0969. The third-order valence-electron chi connectivity index (χ3n) is 4.70. The van der Waals surface area contributed by atoms with Gasteiger partial charge in [0, 0.05) is 18.1 Å². The van der Waals surface area contributed by atoms with Crippen molar-refractivity contribution in [2.24, 2.45) is 0 Å². The highest BCUT2D eigenvalue weighted by atomic mass is 16.5. The number of aliphatic hydroxyl groups excluding tert-OH is 1. The van der Waals surface area contributed by atoms with Crippen molar-refractivity contribution in [2.45, 2.75) is 58.7 Å². The van der Waals surface area contributed by atoms with Gasteiger partial charge in [0.05, 0.1) is 17.1 Å². The second kappa shape index (κ2) is 6.85. The number of aromatic hydroxyl groups is 1. The number of fused-ring (bicyclic) bond motifs is 2. The van der Waals surface area contributed by atoms with Crippen LogP contribution in [0.15, 0.2) is 21.4 Å². The largest absolute Gasteiger partial charge is 0.506 e. The van der Waals surface area contributed by atoms with Gasteiger partial charge in [0.2, 0.25) is 0 Å². The van der Waals surface area contributed by atoms with Gasteiger partial charge in [0.1, 0.15) is 22.7 Å². The highest BCUT2D eigenvalue weighted by Gasteiger charge is 2.33. The molecule has 0 saturated heterocycles. The number of phenolic OH excluding ortho intramolecular Hbond substituents is 1. The Bertz CT molecular complexity index is 996. The minimum atomic E-state index is -0.973. The average molecular weight is 372 g/mol. The molecule has 1 unspecified atom stereocenters. The van der Waals surface area contributed by atoms with Crippen LogP contribution in [-0.2, 0) is 0 Å². The predicted octanol–water partition coefficient (Wildman–Crippen LogP) is 4.11. The number of ketones is 1. The summed E-state index contributed by atoms with van der Waals surface area (Å²) in [5.74, 6) is -0.209. The molecule has 3 rings (SSSR count). The molecule has 0 bridgehead atoms. The Morgan fingerprint density at radius 3 is 2.63 bits per heavy atom. The van der Waals surface area contributed by atoms with Crippen molar-refractivity contribution in [1.82, 2.24) is 0 Å². The number of hydrogen-bond donors (Lipinski definition) is 2. The van der Waals surface area contributed by atoms with E-state index in [1.165, 1.54) is 0 Å². The summed E-state index contributed by atoms with van der Waals surface area (Å²) in [6, 6.07) is 1.16. The lowest BCUT2D eigenvalue weighted by atomic mass is 9.91. The molecule has 1 atom stereocenters. The van der Waals surface area contributed by atoms with Gasteiger partial charge in [-0.1, -0.05) is 13.8 Å². The normalized spacial score (nSPS) is 16.0. The van der Waals surface area contributed by atoms with E-state index in [2.05, 4.69) is 0 Å². The van der Waals surface area contributed by atoms with Crippen LogP contribution in [0.25, 0.3) is 17.0 Å². The van der Waals surface area contributed by atoms with Gasteiger partial charge in [-0.2, -0.15) is 0 Å². The first-order valence-corrected chi connectivity index (χ1v) is 9.16. The van der Waals surface area contributed by atoms with Crippen molar-refractivity contribution in [3.8, 4) is 11.5 Å². The monoisotopic (exact) mass is 372 g/mol. The Morgan fingerprint density at radius 1 is 1.30 bits per heavy atom. The average Bonchev–Trinajstić information content (AvgIpc) is 2.59. The maximum atomic E-state index is 12.9. The maximum absolute atomic E-state index is 12.9. The molecule has 1 aliphatic rings. The quantitative estimate of drug-likeness (QED) is 0.606. The van der Waals surface area contributed by atoms with E-state index in [4.69, 9.17) is 9.15 Å². The molecule has 0 aliphatic carbocycles. The van der Waals surface area contributed by atoms with E-state index in [1.54, 1.807) is 19.1 Å². The first-order chi connectivity index (χ1) is 12.7. The van der Waals surface area contributed by atoms with Gasteiger partial charge < -0.3 is 19.4 Å². The predicted molar refractivity (Wildman–Crippen MR) is 102 cm³/mol. The summed E-state index contributed by atoms with van der Waals surface area (Å²) < 4.78 is 11.3. The van der Waals surface area contributed by atoms with Crippen LogP contribution >= 0.6 is 0 Å². The van der Waals surface area contributed by atoms with Crippen LogP contribution in [0.3, 0.4) is 0 Å². The van der Waals surface area contributed by atoms with Crippen LogP contribution in [0.5, 0.6) is 11.5 Å². The summed E-state index contributed by atoms with van der Waals surface area (Å²) >= 11 is 0. The molecule has 2 heterocycles. The summed E-state index contributed by atoms with van der Waals surface area (Å²) in [6.07, 6.45) is 3.70. The number of ether oxygens (including phenoxy) is 1. The molecule has 27 heavy (non-hydrogen) atoms. The number of carbonyl (C=O) groups excluding carboxylic acids is 1. The lowest BCUT2D eigenvalue weighted by Gasteiger charge is -2.30. The molecule has 2 aromatic rings. The molecule has 6 heteroatoms. The number of Topliss-reactive ketones (excluding diaryl/α,β-unsaturated/α-hetero) is 1. The molecule has 2 N–H and O–H groups in total. The molecule has 144 valence electrons. The summed E-state index contributed by atoms with van der Waals surface area (Å²) in [4.78, 5) is 25.0. The molecule has 0 amide bonds. The van der Waals surface area contributed by atoms with E-state index in [0.29, 0.717) is 18.4 Å². The van der Waals surface area contributed by atoms with E-state index in [-0.39, 0.29) is 45.8 Å². The number of phenols is 1. The zero-order chi connectivity index (χ0) is 19.9. The highest BCUT2D eigenvalue weighted by Crippen LogP contribution is 2.47. The number of aliphatic hydroxyl groups is 1. The SMILES string of the molecule is CCCC(=O)c1c2c(c(O)c3c(C(O)CC)cc(=O)oc13)C=CC(C)(C)O2. The third kappa shape index (κ3) is 3.25. The molecule has 6 nitrogen and oxygen atoms in total. The summed E-state index contributed by atoms with van der Waals surface area (Å²) in [7, 11) is 0. The molecule has 1 aromatic carbocycles. The van der Waals surface area contributed by atoms with E-state index < -0.39 is 17.3 Å². The van der Waals surface area contributed by atoms with Crippen LogP contribution in [0.4, 0.5) is 0 Å². The topological polar surface area (TPSA) is 97.0 Å². The van der Waals surface area contributed by atoms with Gasteiger partial charge in [-0.3, -0.25) is 4.79 Å². The number of rotatable bonds is 5. The molecule has 0 radical (unpaired) electrons. The summed E-state index contributed by atoms with van der Waals surface area (Å²) in [6.45, 7) is 7.29. The molecule has 1 aliphatic heterocycles. The Kier molecular flexibility index (Phi) is 4.86. The van der Waals surface area contributed by atoms with Gasteiger partial charge in [0.25, 0.3) is 0 Å². The van der Waals surface area contributed by atoms with E-state index in [9.17, 15) is 19.8 Å². The van der Waals surface area contributed by atoms with Crippen LogP contribution in [-0.4, -0.2) is 21.6 Å². The van der Waals surface area contributed by atoms with Gasteiger partial charge in [-0.05, 0) is 38.8 Å². The van der Waals surface area contributed by atoms with Crippen LogP contribution in [0.2, 0.25) is 0 Å². The Hall–Kier alpha value is -2.60. The fraction of sp³-hybridized carbons (Fsp3) is 0.429. The maximum Gasteiger partial charge on any atom is 0.336 e. The Balaban J connectivity index is 2.50. The second-order valence-electron chi connectivity index (χ2n) is 7.33. The zero-order valence-electron chi connectivity index (χ0n) is 16.0. The van der Waals surface area contributed by atoms with Crippen molar-refractivity contribution in [3.63, 3.8) is 0 Å². The lowest BCUT2D eigenvalue weighted by Crippen LogP contribution is -2.29. The van der Waals surface area contributed by atoms with Gasteiger partial charge in [0.15, 0.2) is 11.4 Å². The van der Waals surface area contributed by atoms with E-state index >= 15 is 0 Å². The molecular weight excluding hydrogens is 348 g/mol. The van der Waals surface area contributed by atoms with E-state index in [0.717, 1.165) is 6.07 Å². The van der Waals surface area contributed by atoms with Crippen molar-refractivity contribution >= 4 is 22.8 Å². The van der Waals surface area contributed by atoms with Gasteiger partial charge in [-0.25, -0.2) is 4.79 Å². The molecule has 0 fully saturated rings. The molecule has 0 saturated carbocycles. The fourth-order valence-electron chi connectivity index (χ4n) is 3.34. The fourth-order valence-corrected chi connectivity index (χ4v) is 3.34. The first kappa shape index (κ1) is 19.2. The number of benzene rings is 1. The van der Waals surface area contributed by atoms with Gasteiger partial charge in [-0.15, -0.1) is 0 Å². The number of carbonyl (C=O) groups is 1. The van der Waals surface area contributed by atoms with Crippen LogP contribution in [0, 0.1) is 0 Å². The van der Waals surface area contributed by atoms with Crippen LogP contribution in [0.1, 0.15) is 74.5 Å². The van der Waals surface area contributed by atoms with Crippen molar-refractivity contribution in [2.75, 3.05) is 0 Å². The van der Waals surface area contributed by atoms with Crippen molar-refractivity contribution in [1.29, 1.82) is 0 Å². The third-order valence-corrected chi connectivity index (χ3v) is 4.70. The first-order valence-electron chi connectivity index (χ1n) is 9.16. The zero-order valence-corrected chi connectivity index (χ0v) is 16.0. The smallest absolute Gasteiger partial charge is 0.336 e. The standard InChI is InChI=1S/C21H24O6/c1-5-7-14(23)17-19-11(8-9-21(3,4)27-19)18(25)16-12(13(22)6-2)10-15(24)26-20(16)17/h8-10,13,22,25H,5-7H2,1-4H3. The molecular formula is C21H24O6. The molecule has 0 spiro atoms. The minimum Gasteiger partial charge on any atom is -0.506 e. The summed E-state index contributed by atoms with van der Waals surface area (Å²) in [5.41, 5.74) is -0.687. The van der Waals surface area contributed by atoms with Crippen LogP contribution < -0.4 is 10.4 Å². The molecule has 1 aromatic heterocycles. The van der Waals surface area contributed by atoms with Crippen molar-refractivity contribution < 1.29 is 24.2 Å². The minimum absolute atomic E-state index is 0.0363. The second-order valence-corrected chi connectivity index (χ2v) is 7.33. The highest BCUT2D eigenvalue weighted by molar-refractivity contribution is 6.12.